The van der Waals surface area contributed by atoms with Gasteiger partial charge in [0.1, 0.15) is 24.0 Å². The number of hydrogen-bond acceptors (Lipinski definition) is 4. The average molecular weight is 329 g/mol. The molecule has 1 saturated heterocycles. The molecule has 0 saturated carbocycles. The lowest BCUT2D eigenvalue weighted by Crippen LogP contribution is -2.05. The summed E-state index contributed by atoms with van der Waals surface area (Å²) < 4.78 is 16.1. The summed E-state index contributed by atoms with van der Waals surface area (Å²) in [6, 6.07) is 14.6. The maximum Gasteiger partial charge on any atom is 0.336 e. The third-order valence-corrected chi connectivity index (χ3v) is 4.00. The Labute approximate surface area is 137 Å². The zero-order chi connectivity index (χ0) is 15.8. The lowest BCUT2D eigenvalue weighted by atomic mass is 10.0. The molecule has 2 aromatic carbocycles. The van der Waals surface area contributed by atoms with E-state index in [4.69, 9.17) is 25.5 Å². The Hall–Kier alpha value is -2.30. The van der Waals surface area contributed by atoms with Crippen LogP contribution in [0.5, 0.6) is 5.75 Å². The van der Waals surface area contributed by atoms with Gasteiger partial charge in [-0.2, -0.15) is 0 Å². The molecule has 4 rings (SSSR count). The van der Waals surface area contributed by atoms with Crippen LogP contribution in [0, 0.1) is 0 Å². The van der Waals surface area contributed by atoms with Crippen LogP contribution in [0.1, 0.15) is 0 Å². The first-order valence-corrected chi connectivity index (χ1v) is 7.66. The minimum atomic E-state index is -0.407. The number of ether oxygens (including phenoxy) is 2. The number of rotatable bonds is 4. The number of halogens is 1. The van der Waals surface area contributed by atoms with Crippen molar-refractivity contribution in [1.82, 2.24) is 0 Å². The van der Waals surface area contributed by atoms with Gasteiger partial charge in [0.25, 0.3) is 0 Å². The predicted molar refractivity (Wildman–Crippen MR) is 88.2 cm³/mol. The zero-order valence-electron chi connectivity index (χ0n) is 12.1. The van der Waals surface area contributed by atoms with E-state index in [2.05, 4.69) is 0 Å². The average Bonchev–Trinajstić information content (AvgIpc) is 3.38. The van der Waals surface area contributed by atoms with Gasteiger partial charge in [-0.05, 0) is 17.2 Å². The molecule has 1 aliphatic rings. The minimum Gasteiger partial charge on any atom is -0.489 e. The monoisotopic (exact) mass is 328 g/mol. The summed E-state index contributed by atoms with van der Waals surface area (Å²) in [4.78, 5) is 11.9. The molecule has 116 valence electrons. The molecular weight excluding hydrogens is 316 g/mol. The summed E-state index contributed by atoms with van der Waals surface area (Å²) >= 11 is 6.32. The minimum absolute atomic E-state index is 0.129. The van der Waals surface area contributed by atoms with Gasteiger partial charge >= 0.3 is 5.63 Å². The molecule has 1 aliphatic heterocycles. The Kier molecular flexibility index (Phi) is 3.56. The van der Waals surface area contributed by atoms with Crippen LogP contribution >= 0.6 is 11.6 Å². The second-order valence-electron chi connectivity index (χ2n) is 5.39. The van der Waals surface area contributed by atoms with Gasteiger partial charge in [0.15, 0.2) is 0 Å². The summed E-state index contributed by atoms with van der Waals surface area (Å²) in [6.07, 6.45) is 0.129. The van der Waals surface area contributed by atoms with Crippen molar-refractivity contribution in [3.8, 4) is 16.9 Å². The highest BCUT2D eigenvalue weighted by molar-refractivity contribution is 6.33. The molecule has 1 aromatic heterocycles. The van der Waals surface area contributed by atoms with Crippen molar-refractivity contribution < 1.29 is 13.9 Å². The second kappa shape index (κ2) is 5.72. The fourth-order valence-corrected chi connectivity index (χ4v) is 2.70. The lowest BCUT2D eigenvalue weighted by molar-refractivity contribution is 0.263. The van der Waals surface area contributed by atoms with Crippen molar-refractivity contribution in [3.63, 3.8) is 0 Å². The van der Waals surface area contributed by atoms with Crippen molar-refractivity contribution in [1.29, 1.82) is 0 Å². The molecule has 0 amide bonds. The number of hydrogen-bond donors (Lipinski definition) is 0. The first-order valence-electron chi connectivity index (χ1n) is 7.28. The van der Waals surface area contributed by atoms with E-state index in [0.717, 1.165) is 16.5 Å². The van der Waals surface area contributed by atoms with E-state index in [1.54, 1.807) is 12.1 Å². The maximum atomic E-state index is 11.9. The first kappa shape index (κ1) is 14.3. The fourth-order valence-electron chi connectivity index (χ4n) is 2.48. The number of fused-ring (bicyclic) bond motifs is 1. The van der Waals surface area contributed by atoms with E-state index in [1.165, 1.54) is 6.07 Å². The Morgan fingerprint density at radius 1 is 1.17 bits per heavy atom. The van der Waals surface area contributed by atoms with Crippen molar-refractivity contribution in [3.05, 3.63) is 64.0 Å². The molecule has 0 unspecified atom stereocenters. The summed E-state index contributed by atoms with van der Waals surface area (Å²) in [5, 5.41) is 1.25. The van der Waals surface area contributed by atoms with Crippen LogP contribution in [0.2, 0.25) is 5.02 Å². The van der Waals surface area contributed by atoms with Crippen LogP contribution in [0.15, 0.2) is 57.7 Å². The van der Waals surface area contributed by atoms with Gasteiger partial charge in [-0.1, -0.05) is 41.9 Å². The van der Waals surface area contributed by atoms with Gasteiger partial charge in [0, 0.05) is 17.5 Å². The fraction of sp³-hybridized carbons (Fsp3) is 0.167. The molecule has 0 bridgehead atoms. The molecule has 1 atom stereocenters. The molecule has 3 aromatic rings. The van der Waals surface area contributed by atoms with Crippen molar-refractivity contribution in [2.45, 2.75) is 6.10 Å². The normalized spacial score (nSPS) is 16.5. The second-order valence-corrected chi connectivity index (χ2v) is 5.80. The van der Waals surface area contributed by atoms with Gasteiger partial charge < -0.3 is 13.9 Å². The van der Waals surface area contributed by atoms with Crippen molar-refractivity contribution in [2.75, 3.05) is 13.2 Å². The third kappa shape index (κ3) is 2.96. The zero-order valence-corrected chi connectivity index (χ0v) is 12.9. The van der Waals surface area contributed by atoms with Gasteiger partial charge in [0.05, 0.1) is 11.6 Å². The van der Waals surface area contributed by atoms with E-state index < -0.39 is 5.63 Å². The Morgan fingerprint density at radius 3 is 2.70 bits per heavy atom. The molecule has 2 heterocycles. The highest BCUT2D eigenvalue weighted by Gasteiger charge is 2.23. The number of epoxide rings is 1. The Balaban J connectivity index is 1.84. The van der Waals surface area contributed by atoms with E-state index in [0.29, 0.717) is 29.6 Å². The molecular formula is C18H13ClO4. The molecule has 0 N–H and O–H groups in total. The van der Waals surface area contributed by atoms with Gasteiger partial charge in [-0.15, -0.1) is 0 Å². The smallest absolute Gasteiger partial charge is 0.336 e. The third-order valence-electron chi connectivity index (χ3n) is 3.71. The predicted octanol–water partition coefficient (Wildman–Crippen LogP) is 3.89. The molecule has 0 radical (unpaired) electrons. The van der Waals surface area contributed by atoms with Crippen molar-refractivity contribution in [2.24, 2.45) is 0 Å². The van der Waals surface area contributed by atoms with Crippen LogP contribution in [-0.4, -0.2) is 19.3 Å². The van der Waals surface area contributed by atoms with Gasteiger partial charge in [-0.3, -0.25) is 0 Å². The Morgan fingerprint density at radius 2 is 1.96 bits per heavy atom. The van der Waals surface area contributed by atoms with E-state index in [1.807, 2.05) is 30.3 Å². The van der Waals surface area contributed by atoms with E-state index in [9.17, 15) is 4.79 Å². The Bertz CT molecular complexity index is 913. The topological polar surface area (TPSA) is 52.0 Å². The molecule has 4 nitrogen and oxygen atoms in total. The van der Waals surface area contributed by atoms with Crippen LogP contribution in [-0.2, 0) is 4.74 Å². The SMILES string of the molecule is O=c1cc(-c2ccccc2)c2cc(Cl)c(OC[C@@H]3CO3)cc2o1. The van der Waals surface area contributed by atoms with Crippen LogP contribution in [0.4, 0.5) is 0 Å². The largest absolute Gasteiger partial charge is 0.489 e. The summed E-state index contributed by atoms with van der Waals surface area (Å²) in [5.74, 6) is 0.489. The van der Waals surface area contributed by atoms with Crippen LogP contribution in [0.25, 0.3) is 22.1 Å². The molecule has 5 heteroatoms. The summed E-state index contributed by atoms with van der Waals surface area (Å²) in [6.45, 7) is 1.15. The van der Waals surface area contributed by atoms with E-state index >= 15 is 0 Å². The van der Waals surface area contributed by atoms with Gasteiger partial charge in [-0.25, -0.2) is 4.79 Å². The highest BCUT2D eigenvalue weighted by atomic mass is 35.5. The van der Waals surface area contributed by atoms with Crippen molar-refractivity contribution >= 4 is 22.6 Å². The quantitative estimate of drug-likeness (QED) is 0.538. The summed E-state index contributed by atoms with van der Waals surface area (Å²) in [7, 11) is 0. The van der Waals surface area contributed by atoms with Crippen LogP contribution in [0.3, 0.4) is 0 Å². The first-order chi connectivity index (χ1) is 11.2. The standard InChI is InChI=1S/C18H13ClO4/c19-15-6-14-13(11-4-2-1-3-5-11)7-18(20)23-16(14)8-17(15)22-10-12-9-21-12/h1-8,12H,9-10H2/t12-/m0/s1. The van der Waals surface area contributed by atoms with E-state index in [-0.39, 0.29) is 6.10 Å². The highest BCUT2D eigenvalue weighted by Crippen LogP contribution is 2.35. The van der Waals surface area contributed by atoms with Gasteiger partial charge in [0.2, 0.25) is 0 Å². The molecule has 1 fully saturated rings. The summed E-state index contributed by atoms with van der Waals surface area (Å²) in [5.41, 5.74) is 1.76. The lowest BCUT2D eigenvalue weighted by Gasteiger charge is -2.10. The maximum absolute atomic E-state index is 11.9. The molecule has 0 spiro atoms. The molecule has 0 aliphatic carbocycles. The van der Waals surface area contributed by atoms with Crippen LogP contribution < -0.4 is 10.4 Å². The number of benzene rings is 2. The molecule has 23 heavy (non-hydrogen) atoms.